The third-order valence-corrected chi connectivity index (χ3v) is 4.72. The summed E-state index contributed by atoms with van der Waals surface area (Å²) in [6.45, 7) is 3.75. The van der Waals surface area contributed by atoms with Crippen LogP contribution in [0.5, 0.6) is 0 Å². The Labute approximate surface area is 145 Å². The zero-order valence-electron chi connectivity index (χ0n) is 13.6. The average Bonchev–Trinajstić information content (AvgIpc) is 3.03. The molecule has 1 amide bonds. The summed E-state index contributed by atoms with van der Waals surface area (Å²) in [5.74, 6) is -0.0841. The second-order valence-corrected chi connectivity index (χ2v) is 6.63. The van der Waals surface area contributed by atoms with Crippen molar-refractivity contribution < 1.29 is 4.79 Å². The van der Waals surface area contributed by atoms with Crippen LogP contribution in [0.2, 0.25) is 0 Å². The lowest BCUT2D eigenvalue weighted by Crippen LogP contribution is -2.24. The molecule has 0 radical (unpaired) electrons. The van der Waals surface area contributed by atoms with Gasteiger partial charge in [0.05, 0.1) is 11.4 Å². The number of para-hydroxylation sites is 1. The molecule has 0 saturated carbocycles. The molecule has 2 aromatic carbocycles. The van der Waals surface area contributed by atoms with Gasteiger partial charge in [-0.1, -0.05) is 42.1 Å². The van der Waals surface area contributed by atoms with Crippen LogP contribution in [0, 0.1) is 6.92 Å². The van der Waals surface area contributed by atoms with Crippen molar-refractivity contribution in [1.29, 1.82) is 0 Å². The van der Waals surface area contributed by atoms with Crippen molar-refractivity contribution in [3.05, 3.63) is 72.6 Å². The molecule has 0 saturated heterocycles. The van der Waals surface area contributed by atoms with Crippen LogP contribution in [-0.2, 0) is 4.79 Å². The van der Waals surface area contributed by atoms with Gasteiger partial charge in [-0.2, -0.15) is 5.10 Å². The van der Waals surface area contributed by atoms with Crippen LogP contribution in [0.15, 0.2) is 76.7 Å². The topological polar surface area (TPSA) is 46.9 Å². The number of aromatic nitrogens is 2. The molecule has 4 nitrogen and oxygen atoms in total. The van der Waals surface area contributed by atoms with Crippen molar-refractivity contribution in [1.82, 2.24) is 9.78 Å². The maximum absolute atomic E-state index is 12.5. The van der Waals surface area contributed by atoms with Gasteiger partial charge in [-0.25, -0.2) is 0 Å². The molecular formula is C19H19N3OS. The number of benzene rings is 2. The van der Waals surface area contributed by atoms with Gasteiger partial charge in [-0.05, 0) is 44.2 Å². The Kier molecular flexibility index (Phi) is 5.01. The first-order chi connectivity index (χ1) is 11.6. The molecule has 0 aliphatic heterocycles. The molecule has 122 valence electrons. The minimum absolute atomic E-state index is 0.0841. The van der Waals surface area contributed by atoms with Crippen molar-refractivity contribution in [2.45, 2.75) is 29.7 Å². The molecule has 3 aromatic rings. The third-order valence-electron chi connectivity index (χ3n) is 3.63. The zero-order valence-corrected chi connectivity index (χ0v) is 14.5. The monoisotopic (exact) mass is 337 g/mol. The number of anilines is 1. The van der Waals surface area contributed by atoms with E-state index in [0.29, 0.717) is 0 Å². The maximum Gasteiger partial charge on any atom is 0.248 e. The molecule has 1 aromatic heterocycles. The largest absolute Gasteiger partial charge is 0.323 e. The van der Waals surface area contributed by atoms with Gasteiger partial charge in [-0.3, -0.25) is 9.48 Å². The molecule has 0 fully saturated rings. The van der Waals surface area contributed by atoms with Gasteiger partial charge in [-0.15, -0.1) is 0 Å². The molecule has 0 aliphatic carbocycles. The highest BCUT2D eigenvalue weighted by molar-refractivity contribution is 7.99. The Hall–Kier alpha value is -2.53. The Morgan fingerprint density at radius 3 is 2.50 bits per heavy atom. The molecule has 5 heteroatoms. The number of carbonyl (C=O) groups is 1. The predicted molar refractivity (Wildman–Crippen MR) is 97.3 cm³/mol. The van der Waals surface area contributed by atoms with Gasteiger partial charge >= 0.3 is 0 Å². The van der Waals surface area contributed by atoms with Gasteiger partial charge in [0.25, 0.3) is 0 Å². The molecule has 24 heavy (non-hydrogen) atoms. The third kappa shape index (κ3) is 3.86. The van der Waals surface area contributed by atoms with Gasteiger partial charge < -0.3 is 5.32 Å². The summed E-state index contributed by atoms with van der Waals surface area (Å²) in [5, 5.41) is 7.33. The summed E-state index contributed by atoms with van der Waals surface area (Å²) in [6.07, 6.45) is 1.82. The van der Waals surface area contributed by atoms with Gasteiger partial charge in [0.1, 0.15) is 6.04 Å². The first-order valence-corrected chi connectivity index (χ1v) is 8.59. The molecule has 3 rings (SSSR count). The van der Waals surface area contributed by atoms with E-state index >= 15 is 0 Å². The molecular weight excluding hydrogens is 318 g/mol. The second-order valence-electron chi connectivity index (χ2n) is 5.51. The number of nitrogens with one attached hydrogen (secondary N) is 1. The number of rotatable bonds is 5. The van der Waals surface area contributed by atoms with Crippen LogP contribution in [0.1, 0.15) is 18.7 Å². The standard InChI is InChI=1S/C19H19N3OS/c1-14-12-13-22(21-14)15(2)19(23)20-17-10-6-7-11-18(17)24-16-8-4-3-5-9-16/h3-13,15H,1-2H3,(H,20,23). The highest BCUT2D eigenvalue weighted by Gasteiger charge is 2.17. The van der Waals surface area contributed by atoms with Crippen molar-refractivity contribution in [3.8, 4) is 0 Å². The van der Waals surface area contributed by atoms with Crippen LogP contribution in [-0.4, -0.2) is 15.7 Å². The first kappa shape index (κ1) is 16.3. The number of aryl methyl sites for hydroxylation is 1. The molecule has 0 bridgehead atoms. The molecule has 1 N–H and O–H groups in total. The fourth-order valence-electron chi connectivity index (χ4n) is 2.28. The fourth-order valence-corrected chi connectivity index (χ4v) is 3.20. The average molecular weight is 337 g/mol. The normalized spacial score (nSPS) is 11.9. The van der Waals surface area contributed by atoms with E-state index in [1.807, 2.05) is 68.6 Å². The number of nitrogens with zero attached hydrogens (tertiary/aromatic N) is 2. The number of amides is 1. The highest BCUT2D eigenvalue weighted by Crippen LogP contribution is 2.33. The van der Waals surface area contributed by atoms with Crippen molar-refractivity contribution in [3.63, 3.8) is 0 Å². The Morgan fingerprint density at radius 2 is 1.79 bits per heavy atom. The van der Waals surface area contributed by atoms with Crippen molar-refractivity contribution in [2.24, 2.45) is 0 Å². The van der Waals surface area contributed by atoms with Crippen molar-refractivity contribution >= 4 is 23.4 Å². The Balaban J connectivity index is 1.76. The maximum atomic E-state index is 12.5. The number of carbonyl (C=O) groups excluding carboxylic acids is 1. The quantitative estimate of drug-likeness (QED) is 0.743. The highest BCUT2D eigenvalue weighted by atomic mass is 32.2. The molecule has 1 heterocycles. The lowest BCUT2D eigenvalue weighted by atomic mass is 10.2. The van der Waals surface area contributed by atoms with Crippen LogP contribution in [0.25, 0.3) is 0 Å². The van der Waals surface area contributed by atoms with Gasteiger partial charge in [0.15, 0.2) is 0 Å². The summed E-state index contributed by atoms with van der Waals surface area (Å²) >= 11 is 1.63. The summed E-state index contributed by atoms with van der Waals surface area (Å²) in [7, 11) is 0. The van der Waals surface area contributed by atoms with E-state index in [1.54, 1.807) is 16.4 Å². The lowest BCUT2D eigenvalue weighted by Gasteiger charge is -2.15. The first-order valence-electron chi connectivity index (χ1n) is 7.78. The SMILES string of the molecule is Cc1ccn(C(C)C(=O)Nc2ccccc2Sc2ccccc2)n1. The predicted octanol–water partition coefficient (Wildman–Crippen LogP) is 4.54. The van der Waals surface area contributed by atoms with Crippen LogP contribution < -0.4 is 5.32 Å². The fraction of sp³-hybridized carbons (Fsp3) is 0.158. The van der Waals surface area contributed by atoms with Crippen LogP contribution >= 0.6 is 11.8 Å². The summed E-state index contributed by atoms with van der Waals surface area (Å²) in [6, 6.07) is 19.5. The molecule has 1 unspecified atom stereocenters. The molecule has 0 spiro atoms. The smallest absolute Gasteiger partial charge is 0.248 e. The van der Waals surface area contributed by atoms with E-state index in [9.17, 15) is 4.79 Å². The minimum atomic E-state index is -0.367. The second kappa shape index (κ2) is 7.36. The summed E-state index contributed by atoms with van der Waals surface area (Å²) in [4.78, 5) is 14.7. The lowest BCUT2D eigenvalue weighted by molar-refractivity contribution is -0.119. The van der Waals surface area contributed by atoms with Crippen LogP contribution in [0.4, 0.5) is 5.69 Å². The zero-order chi connectivity index (χ0) is 16.9. The van der Waals surface area contributed by atoms with Gasteiger partial charge in [0, 0.05) is 16.0 Å². The Morgan fingerprint density at radius 1 is 1.08 bits per heavy atom. The number of hydrogen-bond donors (Lipinski definition) is 1. The summed E-state index contributed by atoms with van der Waals surface area (Å²) in [5.41, 5.74) is 1.71. The van der Waals surface area contributed by atoms with E-state index in [4.69, 9.17) is 0 Å². The van der Waals surface area contributed by atoms with E-state index in [-0.39, 0.29) is 11.9 Å². The van der Waals surface area contributed by atoms with E-state index < -0.39 is 0 Å². The molecule has 1 atom stereocenters. The Bertz CT molecular complexity index is 829. The molecule has 0 aliphatic rings. The summed E-state index contributed by atoms with van der Waals surface area (Å²) < 4.78 is 1.68. The van der Waals surface area contributed by atoms with E-state index in [0.717, 1.165) is 21.2 Å². The van der Waals surface area contributed by atoms with Crippen LogP contribution in [0.3, 0.4) is 0 Å². The minimum Gasteiger partial charge on any atom is -0.323 e. The van der Waals surface area contributed by atoms with Gasteiger partial charge in [0.2, 0.25) is 5.91 Å². The number of hydrogen-bond acceptors (Lipinski definition) is 3. The van der Waals surface area contributed by atoms with Crippen molar-refractivity contribution in [2.75, 3.05) is 5.32 Å². The van der Waals surface area contributed by atoms with E-state index in [2.05, 4.69) is 22.5 Å². The van der Waals surface area contributed by atoms with E-state index in [1.165, 1.54) is 0 Å².